The minimum absolute atomic E-state index is 0.140. The van der Waals surface area contributed by atoms with Crippen LogP contribution in [0.5, 0.6) is 5.75 Å². The molecule has 3 N–H and O–H groups in total. The molecule has 0 aliphatic carbocycles. The van der Waals surface area contributed by atoms with Gasteiger partial charge in [-0.05, 0) is 17.5 Å². The summed E-state index contributed by atoms with van der Waals surface area (Å²) in [5.41, 5.74) is 4.33. The highest BCUT2D eigenvalue weighted by Crippen LogP contribution is 2.32. The molecular weight excluding hydrogens is 483 g/mol. The fourth-order valence-electron chi connectivity index (χ4n) is 3.52. The van der Waals surface area contributed by atoms with Crippen LogP contribution in [0.25, 0.3) is 0 Å². The number of nitrogens with two attached hydrogens (primary N) is 1. The first-order valence-electron chi connectivity index (χ1n) is 10.5. The summed E-state index contributed by atoms with van der Waals surface area (Å²) < 4.78 is 75.1. The van der Waals surface area contributed by atoms with Crippen LogP contribution >= 0.6 is 0 Å². The Morgan fingerprint density at radius 3 is 2.40 bits per heavy atom. The molecule has 3 amide bonds. The Kier molecular flexibility index (Phi) is 9.00. The number of morpholine rings is 1. The normalized spacial score (nSPS) is 15.9. The highest BCUT2D eigenvalue weighted by molar-refractivity contribution is 6.10. The molecule has 1 atom stereocenters. The van der Waals surface area contributed by atoms with E-state index in [0.717, 1.165) is 12.1 Å². The summed E-state index contributed by atoms with van der Waals surface area (Å²) in [7, 11) is 0. The Morgan fingerprint density at radius 1 is 1.23 bits per heavy atom. The van der Waals surface area contributed by atoms with Gasteiger partial charge >= 0.3 is 12.8 Å². The van der Waals surface area contributed by atoms with E-state index < -0.39 is 54.3 Å². The van der Waals surface area contributed by atoms with Crippen molar-refractivity contribution in [3.63, 3.8) is 0 Å². The minimum atomic E-state index is -4.75. The van der Waals surface area contributed by atoms with E-state index in [1.54, 1.807) is 20.8 Å². The predicted octanol–water partition coefficient (Wildman–Crippen LogP) is 2.35. The molecule has 2 rings (SSSR count). The number of hydrogen-bond acceptors (Lipinski definition) is 6. The summed E-state index contributed by atoms with van der Waals surface area (Å²) in [5, 5.41) is 2.16. The molecule has 0 saturated carbocycles. The molecular formula is C21H27F5N4O5. The van der Waals surface area contributed by atoms with Gasteiger partial charge < -0.3 is 25.4 Å². The van der Waals surface area contributed by atoms with Crippen molar-refractivity contribution < 1.29 is 45.8 Å². The van der Waals surface area contributed by atoms with Crippen molar-refractivity contribution in [1.82, 2.24) is 4.90 Å². The monoisotopic (exact) mass is 510 g/mol. The van der Waals surface area contributed by atoms with Gasteiger partial charge in [0, 0.05) is 24.8 Å². The van der Waals surface area contributed by atoms with Gasteiger partial charge in [-0.1, -0.05) is 20.8 Å². The van der Waals surface area contributed by atoms with Gasteiger partial charge in [0.05, 0.1) is 18.8 Å². The van der Waals surface area contributed by atoms with Crippen molar-refractivity contribution >= 4 is 29.1 Å². The van der Waals surface area contributed by atoms with Gasteiger partial charge in [0.2, 0.25) is 5.91 Å². The van der Waals surface area contributed by atoms with E-state index in [1.165, 1.54) is 11.0 Å². The van der Waals surface area contributed by atoms with Gasteiger partial charge in [-0.15, -0.1) is 0 Å². The lowest BCUT2D eigenvalue weighted by Crippen LogP contribution is -2.56. The molecule has 9 nitrogen and oxygen atoms in total. The number of nitrogens with one attached hydrogen (secondary N) is 1. The number of amides is 3. The van der Waals surface area contributed by atoms with Crippen LogP contribution in [0, 0.1) is 5.41 Å². The SMILES string of the molecule is CC(C)(C)CN(CC(F)(F)F)[C@H](C(N)=O)C(=O)Nc1ccc(N2CCOCC2=O)cc1OC(F)F. The van der Waals surface area contributed by atoms with Crippen LogP contribution in [0.3, 0.4) is 0 Å². The van der Waals surface area contributed by atoms with Crippen molar-refractivity contribution in [3.05, 3.63) is 18.2 Å². The molecule has 0 spiro atoms. The Bertz CT molecular complexity index is 920. The van der Waals surface area contributed by atoms with Crippen molar-refractivity contribution in [2.75, 3.05) is 43.1 Å². The number of hydrogen-bond donors (Lipinski definition) is 2. The van der Waals surface area contributed by atoms with Crippen LogP contribution in [0.4, 0.5) is 33.3 Å². The van der Waals surface area contributed by atoms with Gasteiger partial charge in [-0.2, -0.15) is 22.0 Å². The van der Waals surface area contributed by atoms with E-state index in [1.807, 2.05) is 0 Å². The fraction of sp³-hybridized carbons (Fsp3) is 0.571. The average Bonchev–Trinajstić information content (AvgIpc) is 2.66. The van der Waals surface area contributed by atoms with E-state index in [9.17, 15) is 36.3 Å². The molecule has 0 bridgehead atoms. The number of anilines is 2. The first-order chi connectivity index (χ1) is 16.1. The van der Waals surface area contributed by atoms with Gasteiger partial charge in [0.1, 0.15) is 6.61 Å². The number of rotatable bonds is 9. The maximum Gasteiger partial charge on any atom is 0.401 e. The van der Waals surface area contributed by atoms with E-state index in [-0.39, 0.29) is 37.7 Å². The Hall–Kier alpha value is -3.00. The second-order valence-electron chi connectivity index (χ2n) is 9.03. The molecule has 0 radical (unpaired) electrons. The quantitative estimate of drug-likeness (QED) is 0.390. The highest BCUT2D eigenvalue weighted by atomic mass is 19.4. The summed E-state index contributed by atoms with van der Waals surface area (Å²) in [6.07, 6.45) is -4.75. The lowest BCUT2D eigenvalue weighted by atomic mass is 9.95. The van der Waals surface area contributed by atoms with E-state index in [2.05, 4.69) is 10.1 Å². The number of primary amides is 1. The van der Waals surface area contributed by atoms with E-state index in [0.29, 0.717) is 4.90 Å². The van der Waals surface area contributed by atoms with Crippen molar-refractivity contribution in [3.8, 4) is 5.75 Å². The van der Waals surface area contributed by atoms with Crippen molar-refractivity contribution in [1.29, 1.82) is 0 Å². The molecule has 1 aromatic carbocycles. The van der Waals surface area contributed by atoms with Crippen LogP contribution < -0.4 is 20.7 Å². The van der Waals surface area contributed by atoms with Gasteiger partial charge in [0.15, 0.2) is 11.8 Å². The molecule has 1 heterocycles. The molecule has 1 aliphatic heterocycles. The van der Waals surface area contributed by atoms with Crippen LogP contribution in [-0.4, -0.2) is 74.3 Å². The largest absolute Gasteiger partial charge is 0.433 e. The van der Waals surface area contributed by atoms with Gasteiger partial charge in [-0.3, -0.25) is 19.3 Å². The van der Waals surface area contributed by atoms with Crippen LogP contribution in [-0.2, 0) is 19.1 Å². The average molecular weight is 510 g/mol. The first kappa shape index (κ1) is 28.2. The molecule has 196 valence electrons. The number of halogens is 5. The second-order valence-corrected chi connectivity index (χ2v) is 9.03. The maximum absolute atomic E-state index is 13.2. The molecule has 1 saturated heterocycles. The van der Waals surface area contributed by atoms with Crippen LogP contribution in [0.1, 0.15) is 20.8 Å². The topological polar surface area (TPSA) is 114 Å². The zero-order chi connectivity index (χ0) is 26.6. The fourth-order valence-corrected chi connectivity index (χ4v) is 3.52. The summed E-state index contributed by atoms with van der Waals surface area (Å²) in [6, 6.07) is 1.45. The second kappa shape index (κ2) is 11.2. The van der Waals surface area contributed by atoms with Crippen LogP contribution in [0.2, 0.25) is 0 Å². The summed E-state index contributed by atoms with van der Waals surface area (Å²) in [4.78, 5) is 38.8. The third-order valence-electron chi connectivity index (χ3n) is 4.68. The smallest absolute Gasteiger partial charge is 0.401 e. The van der Waals surface area contributed by atoms with E-state index in [4.69, 9.17) is 10.5 Å². The molecule has 1 fully saturated rings. The highest BCUT2D eigenvalue weighted by Gasteiger charge is 2.41. The molecule has 1 aliphatic rings. The van der Waals surface area contributed by atoms with Crippen LogP contribution in [0.15, 0.2) is 18.2 Å². The summed E-state index contributed by atoms with van der Waals surface area (Å²) in [6.45, 7) is -0.315. The van der Waals surface area contributed by atoms with E-state index >= 15 is 0 Å². The third-order valence-corrected chi connectivity index (χ3v) is 4.68. The zero-order valence-corrected chi connectivity index (χ0v) is 19.3. The lowest BCUT2D eigenvalue weighted by Gasteiger charge is -2.34. The molecule has 0 unspecified atom stereocenters. The standard InChI is InChI=1S/C21H27F5N4O5/c1-20(2,3)10-29(11-21(24,25)26)16(17(27)32)18(33)28-13-5-4-12(8-14(13)35-19(22)23)30-6-7-34-9-15(30)31/h4-5,8,16,19H,6-7,9-11H2,1-3H3,(H2,27,32)(H,28,33)/t16-/m1/s1. The summed E-state index contributed by atoms with van der Waals surface area (Å²) >= 11 is 0. The minimum Gasteiger partial charge on any atom is -0.433 e. The predicted molar refractivity (Wildman–Crippen MR) is 115 cm³/mol. The number of nitrogens with zero attached hydrogens (tertiary/aromatic N) is 2. The number of ether oxygens (including phenoxy) is 2. The number of carbonyl (C=O) groups is 3. The van der Waals surface area contributed by atoms with Gasteiger partial charge in [-0.25, -0.2) is 0 Å². The Labute approximate surface area is 198 Å². The first-order valence-corrected chi connectivity index (χ1v) is 10.5. The number of alkyl halides is 5. The third kappa shape index (κ3) is 8.62. The van der Waals surface area contributed by atoms with Crippen molar-refractivity contribution in [2.45, 2.75) is 39.6 Å². The molecule has 14 heteroatoms. The maximum atomic E-state index is 13.2. The molecule has 35 heavy (non-hydrogen) atoms. The Balaban J connectivity index is 2.38. The summed E-state index contributed by atoms with van der Waals surface area (Å²) in [5.74, 6) is -3.62. The molecule has 1 aromatic rings. The number of benzene rings is 1. The lowest BCUT2D eigenvalue weighted by molar-refractivity contribution is -0.159. The molecule has 0 aromatic heterocycles. The van der Waals surface area contributed by atoms with Crippen molar-refractivity contribution in [2.24, 2.45) is 11.1 Å². The zero-order valence-electron chi connectivity index (χ0n) is 19.3. The van der Waals surface area contributed by atoms with Gasteiger partial charge in [0.25, 0.3) is 11.8 Å². The number of carbonyl (C=O) groups excluding carboxylic acids is 3. The Morgan fingerprint density at radius 2 is 1.89 bits per heavy atom.